The molecule has 2 heterocycles. The normalized spacial score (nSPS) is 13.4. The lowest BCUT2D eigenvalue weighted by Crippen LogP contribution is -2.26. The molecule has 1 N–H and O–H groups in total. The summed E-state index contributed by atoms with van der Waals surface area (Å²) in [6, 6.07) is 15.5. The van der Waals surface area contributed by atoms with Gasteiger partial charge in [-0.3, -0.25) is 9.59 Å². The maximum Gasteiger partial charge on any atom is 0.251 e. The number of carbonyl (C=O) groups is 2. The lowest BCUT2D eigenvalue weighted by Gasteiger charge is -2.15. The molecule has 0 spiro atoms. The molecular weight excluding hydrogens is 434 g/mol. The maximum absolute atomic E-state index is 12.7. The molecule has 4 rings (SSSR count). The van der Waals surface area contributed by atoms with Crippen molar-refractivity contribution in [3.8, 4) is 0 Å². The molecule has 1 fully saturated rings. The molecule has 0 aliphatic carbocycles. The van der Waals surface area contributed by atoms with Gasteiger partial charge in [-0.1, -0.05) is 47.7 Å². The number of nitrogens with one attached hydrogen (secondary N) is 1. The van der Waals surface area contributed by atoms with Gasteiger partial charge in [0.15, 0.2) is 11.0 Å². The molecule has 1 aromatic heterocycles. The van der Waals surface area contributed by atoms with Gasteiger partial charge in [-0.15, -0.1) is 16.8 Å². The smallest absolute Gasteiger partial charge is 0.251 e. The molecule has 1 aliphatic heterocycles. The Morgan fingerprint density at radius 2 is 2.03 bits per heavy atom. The lowest BCUT2D eigenvalue weighted by atomic mass is 10.2. The molecule has 0 unspecified atom stereocenters. The van der Waals surface area contributed by atoms with Crippen LogP contribution < -0.4 is 10.2 Å². The highest BCUT2D eigenvalue weighted by Crippen LogP contribution is 2.23. The number of nitrogens with zero attached hydrogens (tertiary/aromatic N) is 4. The zero-order valence-electron chi connectivity index (χ0n) is 18.7. The van der Waals surface area contributed by atoms with Gasteiger partial charge in [0.1, 0.15) is 0 Å². The van der Waals surface area contributed by atoms with Crippen molar-refractivity contribution in [3.63, 3.8) is 0 Å². The van der Waals surface area contributed by atoms with E-state index in [2.05, 4.69) is 53.3 Å². The fraction of sp³-hybridized carbons (Fsp3) is 0.280. The first-order chi connectivity index (χ1) is 16.0. The van der Waals surface area contributed by atoms with Gasteiger partial charge < -0.3 is 14.8 Å². The molecule has 2 aromatic carbocycles. The van der Waals surface area contributed by atoms with Crippen molar-refractivity contribution >= 4 is 29.3 Å². The van der Waals surface area contributed by atoms with Crippen LogP contribution in [0, 0.1) is 6.92 Å². The fourth-order valence-electron chi connectivity index (χ4n) is 3.79. The summed E-state index contributed by atoms with van der Waals surface area (Å²) in [6.07, 6.45) is 3.25. The van der Waals surface area contributed by atoms with E-state index in [0.717, 1.165) is 29.6 Å². The number of hydrogen-bond acceptors (Lipinski definition) is 5. The van der Waals surface area contributed by atoms with Crippen molar-refractivity contribution < 1.29 is 9.59 Å². The van der Waals surface area contributed by atoms with Crippen LogP contribution in [0.15, 0.2) is 66.3 Å². The van der Waals surface area contributed by atoms with Gasteiger partial charge in [0, 0.05) is 36.5 Å². The molecule has 0 bridgehead atoms. The van der Waals surface area contributed by atoms with Gasteiger partial charge in [-0.05, 0) is 43.2 Å². The average molecular weight is 462 g/mol. The highest BCUT2D eigenvalue weighted by atomic mass is 32.2. The van der Waals surface area contributed by atoms with Crippen LogP contribution in [0.2, 0.25) is 0 Å². The zero-order valence-corrected chi connectivity index (χ0v) is 19.5. The Balaban J connectivity index is 1.38. The third-order valence-corrected chi connectivity index (χ3v) is 6.52. The summed E-state index contributed by atoms with van der Waals surface area (Å²) in [7, 11) is 0. The SMILES string of the molecule is C=CCn1c(CNC(=O)c2ccc(N3CCCC3=O)cc2)nnc1SCc1cccc(C)c1. The molecule has 170 valence electrons. The van der Waals surface area contributed by atoms with E-state index in [-0.39, 0.29) is 18.4 Å². The molecule has 1 aliphatic rings. The van der Waals surface area contributed by atoms with Crippen LogP contribution in [0.1, 0.15) is 40.2 Å². The first kappa shape index (κ1) is 22.8. The first-order valence-electron chi connectivity index (χ1n) is 10.9. The molecule has 0 atom stereocenters. The van der Waals surface area contributed by atoms with Crippen LogP contribution in [0.5, 0.6) is 0 Å². The summed E-state index contributed by atoms with van der Waals surface area (Å²) in [5, 5.41) is 12.3. The fourth-order valence-corrected chi connectivity index (χ4v) is 4.70. The molecule has 3 aromatic rings. The van der Waals surface area contributed by atoms with Crippen LogP contribution in [0.4, 0.5) is 5.69 Å². The van der Waals surface area contributed by atoms with Crippen LogP contribution in [0.25, 0.3) is 0 Å². The van der Waals surface area contributed by atoms with E-state index < -0.39 is 0 Å². The second-order valence-corrected chi connectivity index (χ2v) is 8.90. The standard InChI is InChI=1S/C25H27N5O2S/c1-3-13-30-22(27-28-25(30)33-17-19-7-4-6-18(2)15-19)16-26-24(32)20-9-11-21(12-10-20)29-14-5-8-23(29)31/h3-4,6-7,9-12,15H,1,5,8,13-14,16-17H2,2H3,(H,26,32). The highest BCUT2D eigenvalue weighted by molar-refractivity contribution is 7.98. The van der Waals surface area contributed by atoms with Gasteiger partial charge in [0.2, 0.25) is 5.91 Å². The molecule has 0 saturated carbocycles. The van der Waals surface area contributed by atoms with Crippen molar-refractivity contribution in [2.45, 2.75) is 43.8 Å². The Hall–Kier alpha value is -3.39. The second kappa shape index (κ2) is 10.5. The molecule has 1 saturated heterocycles. The Kier molecular flexibility index (Phi) is 7.24. The third-order valence-electron chi connectivity index (χ3n) is 5.48. The first-order valence-corrected chi connectivity index (χ1v) is 11.9. The largest absolute Gasteiger partial charge is 0.345 e. The number of thioether (sulfide) groups is 1. The predicted octanol–water partition coefficient (Wildman–Crippen LogP) is 4.12. The van der Waals surface area contributed by atoms with Gasteiger partial charge in [0.05, 0.1) is 6.54 Å². The van der Waals surface area contributed by atoms with Crippen LogP contribution in [-0.2, 0) is 23.6 Å². The van der Waals surface area contributed by atoms with E-state index in [1.807, 2.05) is 16.7 Å². The number of amides is 2. The molecule has 0 radical (unpaired) electrons. The van der Waals surface area contributed by atoms with E-state index in [4.69, 9.17) is 0 Å². The molecule has 8 heteroatoms. The van der Waals surface area contributed by atoms with Gasteiger partial charge in [0.25, 0.3) is 5.91 Å². The molecule has 33 heavy (non-hydrogen) atoms. The number of aryl methyl sites for hydroxylation is 1. The minimum Gasteiger partial charge on any atom is -0.345 e. The summed E-state index contributed by atoms with van der Waals surface area (Å²) >= 11 is 1.61. The quantitative estimate of drug-likeness (QED) is 0.383. The molecule has 7 nitrogen and oxygen atoms in total. The third kappa shape index (κ3) is 5.51. The van der Waals surface area contributed by atoms with Crippen LogP contribution >= 0.6 is 11.8 Å². The highest BCUT2D eigenvalue weighted by Gasteiger charge is 2.21. The molecular formula is C25H27N5O2S. The van der Waals surface area contributed by atoms with Crippen molar-refractivity contribution in [2.75, 3.05) is 11.4 Å². The van der Waals surface area contributed by atoms with Crippen molar-refractivity contribution in [2.24, 2.45) is 0 Å². The lowest BCUT2D eigenvalue weighted by molar-refractivity contribution is -0.117. The van der Waals surface area contributed by atoms with E-state index in [1.54, 1.807) is 34.9 Å². The van der Waals surface area contributed by atoms with Gasteiger partial charge in [-0.2, -0.15) is 0 Å². The summed E-state index contributed by atoms with van der Waals surface area (Å²) < 4.78 is 1.97. The van der Waals surface area contributed by atoms with Gasteiger partial charge >= 0.3 is 0 Å². The summed E-state index contributed by atoms with van der Waals surface area (Å²) in [4.78, 5) is 26.3. The van der Waals surface area contributed by atoms with Gasteiger partial charge in [-0.25, -0.2) is 0 Å². The predicted molar refractivity (Wildman–Crippen MR) is 130 cm³/mol. The summed E-state index contributed by atoms with van der Waals surface area (Å²) in [5.41, 5.74) is 3.82. The Morgan fingerprint density at radius 1 is 1.21 bits per heavy atom. The number of anilines is 1. The van der Waals surface area contributed by atoms with Crippen LogP contribution in [0.3, 0.4) is 0 Å². The minimum atomic E-state index is -0.198. The maximum atomic E-state index is 12.7. The average Bonchev–Trinajstić information content (AvgIpc) is 3.42. The number of rotatable bonds is 9. The Morgan fingerprint density at radius 3 is 2.73 bits per heavy atom. The Labute approximate surface area is 197 Å². The summed E-state index contributed by atoms with van der Waals surface area (Å²) in [6.45, 7) is 7.47. The number of aromatic nitrogens is 3. The monoisotopic (exact) mass is 461 g/mol. The summed E-state index contributed by atoms with van der Waals surface area (Å²) in [5.74, 6) is 1.39. The molecule has 2 amide bonds. The van der Waals surface area contributed by atoms with E-state index in [1.165, 1.54) is 11.1 Å². The number of allylic oxidation sites excluding steroid dienone is 1. The minimum absolute atomic E-state index is 0.129. The van der Waals surface area contributed by atoms with Crippen molar-refractivity contribution in [3.05, 3.63) is 83.7 Å². The van der Waals surface area contributed by atoms with E-state index in [9.17, 15) is 9.59 Å². The number of hydrogen-bond donors (Lipinski definition) is 1. The van der Waals surface area contributed by atoms with Crippen molar-refractivity contribution in [1.29, 1.82) is 0 Å². The van der Waals surface area contributed by atoms with Crippen LogP contribution in [-0.4, -0.2) is 33.1 Å². The topological polar surface area (TPSA) is 80.1 Å². The second-order valence-electron chi connectivity index (χ2n) is 7.95. The number of carbonyl (C=O) groups excluding carboxylic acids is 2. The number of benzene rings is 2. The zero-order chi connectivity index (χ0) is 23.2. The Bertz CT molecular complexity index is 1160. The van der Waals surface area contributed by atoms with E-state index in [0.29, 0.717) is 24.4 Å². The van der Waals surface area contributed by atoms with E-state index >= 15 is 0 Å². The van der Waals surface area contributed by atoms with Crippen molar-refractivity contribution in [1.82, 2.24) is 20.1 Å².